The predicted octanol–water partition coefficient (Wildman–Crippen LogP) is 3.30. The molecule has 128 valence electrons. The van der Waals surface area contributed by atoms with Crippen molar-refractivity contribution < 1.29 is 9.21 Å². The molecule has 24 heavy (non-hydrogen) atoms. The van der Waals surface area contributed by atoms with E-state index >= 15 is 0 Å². The smallest absolute Gasteiger partial charge is 0.259 e. The van der Waals surface area contributed by atoms with Crippen LogP contribution < -0.4 is 11.1 Å². The van der Waals surface area contributed by atoms with E-state index in [0.717, 1.165) is 30.1 Å². The summed E-state index contributed by atoms with van der Waals surface area (Å²) in [5.41, 5.74) is 7.09. The molecule has 2 aliphatic rings. The minimum Gasteiger partial charge on any atom is -0.466 e. The van der Waals surface area contributed by atoms with E-state index in [-0.39, 0.29) is 17.4 Å². The number of allylic oxidation sites excluding steroid dienone is 2. The third kappa shape index (κ3) is 3.43. The normalized spacial score (nSPS) is 26.7. The molecule has 1 aromatic heterocycles. The Labute approximate surface area is 146 Å². The van der Waals surface area contributed by atoms with Gasteiger partial charge in [-0.05, 0) is 45.8 Å². The van der Waals surface area contributed by atoms with Crippen molar-refractivity contribution in [2.75, 3.05) is 5.75 Å². The minimum atomic E-state index is -0.210. The number of aryl methyl sites for hydroxylation is 2. The first-order valence-electron chi connectivity index (χ1n) is 8.12. The molecule has 1 aliphatic heterocycles. The van der Waals surface area contributed by atoms with Crippen molar-refractivity contribution in [2.45, 2.75) is 39.2 Å². The monoisotopic (exact) mass is 345 g/mol. The number of nitrogens with zero attached hydrogens (tertiary/aromatic N) is 1. The lowest BCUT2D eigenvalue weighted by Gasteiger charge is -2.36. The van der Waals surface area contributed by atoms with Crippen LogP contribution >= 0.6 is 11.8 Å². The Kier molecular flexibility index (Phi) is 4.58. The number of hydrogen-bond acceptors (Lipinski definition) is 5. The lowest BCUT2D eigenvalue weighted by Crippen LogP contribution is -2.38. The Balaban J connectivity index is 1.77. The number of carbonyl (C=O) groups excluding carboxylic acids is 1. The summed E-state index contributed by atoms with van der Waals surface area (Å²) in [6.45, 7) is 5.78. The fraction of sp³-hybridized carbons (Fsp3) is 0.444. The van der Waals surface area contributed by atoms with Crippen LogP contribution in [0.15, 0.2) is 39.4 Å². The summed E-state index contributed by atoms with van der Waals surface area (Å²) in [4.78, 5) is 17.1. The number of carbonyl (C=O) groups is 1. The van der Waals surface area contributed by atoms with Crippen LogP contribution in [0.2, 0.25) is 0 Å². The Morgan fingerprint density at radius 1 is 1.50 bits per heavy atom. The van der Waals surface area contributed by atoms with E-state index in [9.17, 15) is 4.79 Å². The first-order valence-corrected chi connectivity index (χ1v) is 9.11. The van der Waals surface area contributed by atoms with E-state index in [1.165, 1.54) is 0 Å². The van der Waals surface area contributed by atoms with Crippen LogP contribution in [0, 0.1) is 19.8 Å². The lowest BCUT2D eigenvalue weighted by molar-refractivity contribution is 0.0965. The van der Waals surface area contributed by atoms with E-state index in [0.29, 0.717) is 16.5 Å². The van der Waals surface area contributed by atoms with Crippen LogP contribution in [0.1, 0.15) is 41.6 Å². The zero-order chi connectivity index (χ0) is 17.3. The molecule has 1 aromatic rings. The fourth-order valence-electron chi connectivity index (χ4n) is 3.22. The maximum absolute atomic E-state index is 12.5. The van der Waals surface area contributed by atoms with Crippen LogP contribution in [0.25, 0.3) is 0 Å². The van der Waals surface area contributed by atoms with Gasteiger partial charge in [-0.15, -0.1) is 0 Å². The Bertz CT molecular complexity index is 747. The number of thioether (sulfide) groups is 1. The second kappa shape index (κ2) is 6.51. The maximum Gasteiger partial charge on any atom is 0.259 e. The SMILES string of the molecule is Cc1cc(C(=O)NC2=CC([C@]3(C)CCSC(N)=N3)CC=C2)c(C)o1. The highest BCUT2D eigenvalue weighted by Gasteiger charge is 2.35. The van der Waals surface area contributed by atoms with Crippen LogP contribution in [0.3, 0.4) is 0 Å². The number of amides is 1. The van der Waals surface area contributed by atoms with Crippen molar-refractivity contribution in [1.29, 1.82) is 0 Å². The van der Waals surface area contributed by atoms with E-state index < -0.39 is 0 Å². The van der Waals surface area contributed by atoms with E-state index in [4.69, 9.17) is 10.2 Å². The van der Waals surface area contributed by atoms with Gasteiger partial charge in [-0.3, -0.25) is 9.79 Å². The highest BCUT2D eigenvalue weighted by Crippen LogP contribution is 2.37. The Morgan fingerprint density at radius 3 is 2.96 bits per heavy atom. The second-order valence-electron chi connectivity index (χ2n) is 6.55. The molecule has 0 fully saturated rings. The molecule has 2 atom stereocenters. The minimum absolute atomic E-state index is 0.145. The van der Waals surface area contributed by atoms with Gasteiger partial charge < -0.3 is 15.5 Å². The first-order chi connectivity index (χ1) is 11.4. The molecule has 0 spiro atoms. The molecular formula is C18H23N3O2S. The third-order valence-corrected chi connectivity index (χ3v) is 5.43. The zero-order valence-corrected chi connectivity index (χ0v) is 15.1. The van der Waals surface area contributed by atoms with Crippen molar-refractivity contribution in [3.8, 4) is 0 Å². The summed E-state index contributed by atoms with van der Waals surface area (Å²) in [5, 5.41) is 3.63. The summed E-state index contributed by atoms with van der Waals surface area (Å²) in [7, 11) is 0. The van der Waals surface area contributed by atoms with E-state index in [1.54, 1.807) is 24.8 Å². The molecule has 0 saturated heterocycles. The molecule has 1 amide bonds. The van der Waals surface area contributed by atoms with Crippen molar-refractivity contribution in [3.05, 3.63) is 47.1 Å². The second-order valence-corrected chi connectivity index (χ2v) is 7.67. The number of aliphatic imine (C=N–C) groups is 1. The van der Waals surface area contributed by atoms with Gasteiger partial charge in [-0.2, -0.15) is 0 Å². The number of nitrogens with one attached hydrogen (secondary N) is 1. The third-order valence-electron chi connectivity index (χ3n) is 4.63. The quantitative estimate of drug-likeness (QED) is 0.881. The molecule has 0 saturated carbocycles. The van der Waals surface area contributed by atoms with Gasteiger partial charge in [-0.1, -0.05) is 23.9 Å². The van der Waals surface area contributed by atoms with Gasteiger partial charge >= 0.3 is 0 Å². The van der Waals surface area contributed by atoms with Gasteiger partial charge in [-0.25, -0.2) is 0 Å². The maximum atomic E-state index is 12.5. The molecule has 0 aromatic carbocycles. The van der Waals surface area contributed by atoms with Crippen LogP contribution in [0.5, 0.6) is 0 Å². The molecule has 3 rings (SSSR count). The fourth-order valence-corrected chi connectivity index (χ4v) is 4.22. The topological polar surface area (TPSA) is 80.6 Å². The highest BCUT2D eigenvalue weighted by atomic mass is 32.2. The molecule has 0 radical (unpaired) electrons. The number of furan rings is 1. The van der Waals surface area contributed by atoms with Crippen LogP contribution in [0.4, 0.5) is 0 Å². The van der Waals surface area contributed by atoms with E-state index in [1.807, 2.05) is 13.0 Å². The standard InChI is InChI=1S/C18H23N3O2S/c1-11-9-15(12(2)23-11)16(22)20-14-6-4-5-13(10-14)18(3)7-8-24-17(19)21-18/h4,6,9-10,13H,5,7-8H2,1-3H3,(H2,19,21)(H,20,22)/t13?,18-/m0/s1. The average molecular weight is 345 g/mol. The average Bonchev–Trinajstić information content (AvgIpc) is 2.86. The number of amidine groups is 1. The van der Waals surface area contributed by atoms with Crippen LogP contribution in [-0.2, 0) is 0 Å². The summed E-state index contributed by atoms with van der Waals surface area (Å²) >= 11 is 1.61. The molecule has 3 N–H and O–H groups in total. The highest BCUT2D eigenvalue weighted by molar-refractivity contribution is 8.13. The van der Waals surface area contributed by atoms with Gasteiger partial charge in [0.05, 0.1) is 11.1 Å². The largest absolute Gasteiger partial charge is 0.466 e. The summed E-state index contributed by atoms with van der Waals surface area (Å²) in [5.74, 6) is 2.43. The number of nitrogens with two attached hydrogens (primary N) is 1. The van der Waals surface area contributed by atoms with Crippen molar-refractivity contribution in [1.82, 2.24) is 5.32 Å². The molecule has 5 nitrogen and oxygen atoms in total. The molecule has 2 heterocycles. The molecule has 6 heteroatoms. The van der Waals surface area contributed by atoms with Gasteiger partial charge in [0.15, 0.2) is 5.17 Å². The predicted molar refractivity (Wildman–Crippen MR) is 98.1 cm³/mol. The van der Waals surface area contributed by atoms with Crippen molar-refractivity contribution in [2.24, 2.45) is 16.6 Å². The van der Waals surface area contributed by atoms with E-state index in [2.05, 4.69) is 29.4 Å². The lowest BCUT2D eigenvalue weighted by atomic mass is 9.79. The van der Waals surface area contributed by atoms with Gasteiger partial charge in [0.1, 0.15) is 11.5 Å². The molecule has 1 aliphatic carbocycles. The van der Waals surface area contributed by atoms with Crippen molar-refractivity contribution in [3.63, 3.8) is 0 Å². The van der Waals surface area contributed by atoms with Gasteiger partial charge in [0.2, 0.25) is 0 Å². The number of hydrogen-bond donors (Lipinski definition) is 2. The van der Waals surface area contributed by atoms with Crippen LogP contribution in [-0.4, -0.2) is 22.4 Å². The van der Waals surface area contributed by atoms with Gasteiger partial charge in [0.25, 0.3) is 5.91 Å². The summed E-state index contributed by atoms with van der Waals surface area (Å²) in [6, 6.07) is 1.76. The van der Waals surface area contributed by atoms with Gasteiger partial charge in [0, 0.05) is 17.4 Å². The molecule has 0 bridgehead atoms. The van der Waals surface area contributed by atoms with Crippen molar-refractivity contribution >= 4 is 22.8 Å². The number of rotatable bonds is 3. The summed E-state index contributed by atoms with van der Waals surface area (Å²) < 4.78 is 5.44. The Hall–Kier alpha value is -1.95. The first kappa shape index (κ1) is 16.9. The zero-order valence-electron chi connectivity index (χ0n) is 14.3. The molecule has 1 unspecified atom stereocenters. The summed E-state index contributed by atoms with van der Waals surface area (Å²) in [6.07, 6.45) is 8.03. The molecular weight excluding hydrogens is 322 g/mol. The Morgan fingerprint density at radius 2 is 2.29 bits per heavy atom.